The molecular weight excluding hydrogens is 208 g/mol. The number of rotatable bonds is 1. The molecule has 6 nitrogen and oxygen atoms in total. The fourth-order valence-electron chi connectivity index (χ4n) is 1.95. The van der Waals surface area contributed by atoms with E-state index in [0.717, 1.165) is 0 Å². The van der Waals surface area contributed by atoms with Crippen molar-refractivity contribution in [3.05, 3.63) is 11.8 Å². The zero-order valence-electron chi connectivity index (χ0n) is 9.18. The number of piperidine rings is 1. The average Bonchev–Trinajstić information content (AvgIpc) is 2.67. The number of H-pyrrole nitrogens is 1. The molecule has 2 atom stereocenters. The highest BCUT2D eigenvalue weighted by Gasteiger charge is 2.28. The first-order valence-electron chi connectivity index (χ1n) is 5.35. The van der Waals surface area contributed by atoms with Gasteiger partial charge in [-0.1, -0.05) is 6.92 Å². The van der Waals surface area contributed by atoms with Crippen LogP contribution in [0.4, 0.5) is 5.82 Å². The largest absolute Gasteiger partial charge is 0.393 e. The molecule has 2 heterocycles. The van der Waals surface area contributed by atoms with Gasteiger partial charge in [-0.25, -0.2) is 0 Å². The Morgan fingerprint density at radius 1 is 1.75 bits per heavy atom. The van der Waals surface area contributed by atoms with Gasteiger partial charge in [-0.2, -0.15) is 5.10 Å². The van der Waals surface area contributed by atoms with Crippen LogP contribution < -0.4 is 5.73 Å². The van der Waals surface area contributed by atoms with E-state index in [1.54, 1.807) is 4.90 Å². The molecule has 1 aliphatic heterocycles. The summed E-state index contributed by atoms with van der Waals surface area (Å²) in [5.41, 5.74) is 6.00. The van der Waals surface area contributed by atoms with Crippen LogP contribution in [-0.4, -0.2) is 45.3 Å². The molecule has 0 radical (unpaired) electrons. The van der Waals surface area contributed by atoms with Crippen LogP contribution in [0.15, 0.2) is 6.20 Å². The van der Waals surface area contributed by atoms with Gasteiger partial charge in [-0.05, 0) is 12.3 Å². The Kier molecular flexibility index (Phi) is 2.82. The van der Waals surface area contributed by atoms with Gasteiger partial charge >= 0.3 is 0 Å². The summed E-state index contributed by atoms with van der Waals surface area (Å²) in [4.78, 5) is 13.7. The molecule has 0 saturated carbocycles. The fraction of sp³-hybridized carbons (Fsp3) is 0.600. The number of carbonyl (C=O) groups is 1. The first-order valence-corrected chi connectivity index (χ1v) is 5.35. The number of nitrogen functional groups attached to an aromatic ring is 1. The summed E-state index contributed by atoms with van der Waals surface area (Å²) >= 11 is 0. The van der Waals surface area contributed by atoms with Crippen LogP contribution >= 0.6 is 0 Å². The van der Waals surface area contributed by atoms with Crippen molar-refractivity contribution in [2.75, 3.05) is 18.8 Å². The van der Waals surface area contributed by atoms with E-state index in [1.165, 1.54) is 6.20 Å². The minimum Gasteiger partial charge on any atom is -0.393 e. The number of aromatic nitrogens is 2. The van der Waals surface area contributed by atoms with Crippen LogP contribution in [-0.2, 0) is 0 Å². The quantitative estimate of drug-likeness (QED) is 0.617. The maximum Gasteiger partial charge on any atom is 0.259 e. The average molecular weight is 224 g/mol. The monoisotopic (exact) mass is 224 g/mol. The molecule has 6 heteroatoms. The Labute approximate surface area is 93.4 Å². The van der Waals surface area contributed by atoms with Crippen LogP contribution in [0.5, 0.6) is 0 Å². The molecular formula is C10H16N4O2. The van der Waals surface area contributed by atoms with E-state index in [0.29, 0.717) is 30.9 Å². The summed E-state index contributed by atoms with van der Waals surface area (Å²) in [6, 6.07) is 0. The van der Waals surface area contributed by atoms with Crippen LogP contribution in [0, 0.1) is 5.92 Å². The molecule has 0 spiro atoms. The Morgan fingerprint density at radius 2 is 2.50 bits per heavy atom. The van der Waals surface area contributed by atoms with Crippen LogP contribution in [0.2, 0.25) is 0 Å². The number of nitrogens with one attached hydrogen (secondary N) is 1. The van der Waals surface area contributed by atoms with Crippen LogP contribution in [0.1, 0.15) is 23.7 Å². The lowest BCUT2D eigenvalue weighted by Crippen LogP contribution is -2.45. The number of aliphatic hydroxyl groups excluding tert-OH is 1. The summed E-state index contributed by atoms with van der Waals surface area (Å²) in [6.45, 7) is 3.06. The third kappa shape index (κ3) is 1.88. The van der Waals surface area contributed by atoms with Gasteiger partial charge in [0.25, 0.3) is 5.91 Å². The molecule has 1 aromatic rings. The Bertz CT molecular complexity index is 390. The molecule has 1 fully saturated rings. The van der Waals surface area contributed by atoms with E-state index in [-0.39, 0.29) is 17.9 Å². The standard InChI is InChI=1S/C10H16N4O2/c1-6-5-14(3-2-8(6)15)10(16)7-4-12-13-9(7)11/h4,6,8,15H,2-3,5H2,1H3,(H3,11,12,13). The molecule has 0 aliphatic carbocycles. The summed E-state index contributed by atoms with van der Waals surface area (Å²) in [6.07, 6.45) is 1.74. The van der Waals surface area contributed by atoms with E-state index in [1.807, 2.05) is 6.92 Å². The number of hydrogen-bond donors (Lipinski definition) is 3. The second kappa shape index (κ2) is 4.13. The van der Waals surface area contributed by atoms with E-state index >= 15 is 0 Å². The van der Waals surface area contributed by atoms with Crippen molar-refractivity contribution < 1.29 is 9.90 Å². The molecule has 2 unspecified atom stereocenters. The third-order valence-corrected chi connectivity index (χ3v) is 3.05. The second-order valence-electron chi connectivity index (χ2n) is 4.28. The highest BCUT2D eigenvalue weighted by molar-refractivity contribution is 5.98. The lowest BCUT2D eigenvalue weighted by atomic mass is 9.96. The number of likely N-dealkylation sites (tertiary alicyclic amines) is 1. The maximum atomic E-state index is 12.0. The minimum absolute atomic E-state index is 0.103. The van der Waals surface area contributed by atoms with Gasteiger partial charge in [0, 0.05) is 13.1 Å². The van der Waals surface area contributed by atoms with Crippen molar-refractivity contribution in [3.63, 3.8) is 0 Å². The van der Waals surface area contributed by atoms with Gasteiger partial charge in [0.05, 0.1) is 12.3 Å². The summed E-state index contributed by atoms with van der Waals surface area (Å²) in [5.74, 6) is 0.277. The second-order valence-corrected chi connectivity index (χ2v) is 4.28. The van der Waals surface area contributed by atoms with E-state index < -0.39 is 0 Å². The molecule has 2 rings (SSSR count). The van der Waals surface area contributed by atoms with Crippen molar-refractivity contribution in [2.45, 2.75) is 19.4 Å². The zero-order valence-corrected chi connectivity index (χ0v) is 9.18. The topological polar surface area (TPSA) is 95.2 Å². The lowest BCUT2D eigenvalue weighted by molar-refractivity contribution is 0.0298. The van der Waals surface area contributed by atoms with Crippen molar-refractivity contribution in [1.29, 1.82) is 0 Å². The predicted octanol–water partition coefficient (Wildman–Crippen LogP) is -0.165. The summed E-state index contributed by atoms with van der Waals surface area (Å²) < 4.78 is 0. The molecule has 16 heavy (non-hydrogen) atoms. The van der Waals surface area contributed by atoms with Crippen LogP contribution in [0.3, 0.4) is 0 Å². The zero-order chi connectivity index (χ0) is 11.7. The van der Waals surface area contributed by atoms with Gasteiger partial charge in [0.15, 0.2) is 0 Å². The Morgan fingerprint density at radius 3 is 3.06 bits per heavy atom. The Hall–Kier alpha value is -1.56. The number of anilines is 1. The van der Waals surface area contributed by atoms with Crippen molar-refractivity contribution >= 4 is 11.7 Å². The molecule has 1 aliphatic rings. The Balaban J connectivity index is 2.09. The highest BCUT2D eigenvalue weighted by atomic mass is 16.3. The van der Waals surface area contributed by atoms with Gasteiger partial charge < -0.3 is 15.7 Å². The lowest BCUT2D eigenvalue weighted by Gasteiger charge is -2.34. The van der Waals surface area contributed by atoms with Gasteiger partial charge in [-0.3, -0.25) is 9.89 Å². The molecule has 0 aromatic carbocycles. The summed E-state index contributed by atoms with van der Waals surface area (Å²) in [5, 5.41) is 15.8. The van der Waals surface area contributed by atoms with E-state index in [9.17, 15) is 9.90 Å². The van der Waals surface area contributed by atoms with E-state index in [4.69, 9.17) is 5.73 Å². The smallest absolute Gasteiger partial charge is 0.259 e. The molecule has 4 N–H and O–H groups in total. The van der Waals surface area contributed by atoms with E-state index in [2.05, 4.69) is 10.2 Å². The van der Waals surface area contributed by atoms with Gasteiger partial charge in [0.2, 0.25) is 0 Å². The first kappa shape index (κ1) is 10.9. The van der Waals surface area contributed by atoms with Gasteiger partial charge in [0.1, 0.15) is 11.4 Å². The molecule has 0 bridgehead atoms. The highest BCUT2D eigenvalue weighted by Crippen LogP contribution is 2.19. The molecule has 1 aromatic heterocycles. The minimum atomic E-state index is -0.314. The predicted molar refractivity (Wildman–Crippen MR) is 58.7 cm³/mol. The number of hydrogen-bond acceptors (Lipinski definition) is 4. The number of carbonyl (C=O) groups excluding carboxylic acids is 1. The number of aliphatic hydroxyl groups is 1. The maximum absolute atomic E-state index is 12.0. The summed E-state index contributed by atoms with van der Waals surface area (Å²) in [7, 11) is 0. The van der Waals surface area contributed by atoms with Crippen molar-refractivity contribution in [2.24, 2.45) is 5.92 Å². The van der Waals surface area contributed by atoms with Crippen molar-refractivity contribution in [1.82, 2.24) is 15.1 Å². The fourth-order valence-corrected chi connectivity index (χ4v) is 1.95. The number of nitrogens with zero attached hydrogens (tertiary/aromatic N) is 2. The normalized spacial score (nSPS) is 25.8. The molecule has 1 saturated heterocycles. The van der Waals surface area contributed by atoms with Crippen molar-refractivity contribution in [3.8, 4) is 0 Å². The van der Waals surface area contributed by atoms with Crippen LogP contribution in [0.25, 0.3) is 0 Å². The number of nitrogens with two attached hydrogens (primary N) is 1. The van der Waals surface area contributed by atoms with Gasteiger partial charge in [-0.15, -0.1) is 0 Å². The first-order chi connectivity index (χ1) is 7.59. The molecule has 88 valence electrons. The number of aromatic amines is 1. The third-order valence-electron chi connectivity index (χ3n) is 3.05. The molecule has 1 amide bonds. The number of amides is 1. The SMILES string of the molecule is CC1CN(C(=O)c2cn[nH]c2N)CCC1O.